The largest absolute Gasteiger partial charge is 0.481 e. The minimum Gasteiger partial charge on any atom is -0.481 e. The molecule has 5 heteroatoms. The summed E-state index contributed by atoms with van der Waals surface area (Å²) in [6, 6.07) is 14.0. The summed E-state index contributed by atoms with van der Waals surface area (Å²) in [6.45, 7) is 4.46. The number of likely N-dealkylation sites (N-methyl/N-ethyl adjacent to an activating group) is 1. The molecule has 1 aromatic heterocycles. The number of benzene rings is 2. The highest BCUT2D eigenvalue weighted by atomic mass is 32.1. The van der Waals surface area contributed by atoms with Crippen LogP contribution >= 0.6 is 11.3 Å². The third kappa shape index (κ3) is 4.17. The van der Waals surface area contributed by atoms with Gasteiger partial charge in [-0.05, 0) is 36.8 Å². The van der Waals surface area contributed by atoms with E-state index >= 15 is 0 Å². The second-order valence-electron chi connectivity index (χ2n) is 6.14. The van der Waals surface area contributed by atoms with Crippen LogP contribution in [0.1, 0.15) is 17.5 Å². The van der Waals surface area contributed by atoms with Gasteiger partial charge in [0.2, 0.25) is 0 Å². The number of nitrogens with zero attached hydrogens (tertiary/aromatic N) is 2. The van der Waals surface area contributed by atoms with Gasteiger partial charge in [-0.2, -0.15) is 0 Å². The Morgan fingerprint density at radius 2 is 2.00 bits per heavy atom. The molecule has 0 saturated carbocycles. The maximum Gasteiger partial charge on any atom is 0.263 e. The summed E-state index contributed by atoms with van der Waals surface area (Å²) < 4.78 is 5.87. The van der Waals surface area contributed by atoms with Crippen LogP contribution in [-0.4, -0.2) is 35.5 Å². The van der Waals surface area contributed by atoms with Crippen molar-refractivity contribution in [1.82, 2.24) is 9.88 Å². The van der Waals surface area contributed by atoms with E-state index < -0.39 is 6.10 Å². The Balaban J connectivity index is 1.59. The topological polar surface area (TPSA) is 42.4 Å². The zero-order valence-electron chi connectivity index (χ0n) is 14.7. The number of carbonyl (C=O) groups is 1. The Bertz CT molecular complexity index is 875. The number of hydrogen-bond donors (Lipinski definition) is 0. The fourth-order valence-corrected chi connectivity index (χ4v) is 3.52. The van der Waals surface area contributed by atoms with Crippen molar-refractivity contribution in [2.75, 3.05) is 13.6 Å². The van der Waals surface area contributed by atoms with Gasteiger partial charge in [0.25, 0.3) is 5.91 Å². The van der Waals surface area contributed by atoms with Crippen LogP contribution in [0.25, 0.3) is 10.8 Å². The van der Waals surface area contributed by atoms with Crippen LogP contribution in [0.2, 0.25) is 0 Å². The molecule has 0 spiro atoms. The molecule has 0 aliphatic carbocycles. The highest BCUT2D eigenvalue weighted by Crippen LogP contribution is 2.22. The Labute approximate surface area is 152 Å². The van der Waals surface area contributed by atoms with E-state index in [1.807, 2.05) is 55.9 Å². The van der Waals surface area contributed by atoms with Crippen molar-refractivity contribution >= 4 is 28.0 Å². The monoisotopic (exact) mass is 354 g/mol. The summed E-state index contributed by atoms with van der Waals surface area (Å²) in [5, 5.41) is 2.26. The number of thiazole rings is 1. The fraction of sp³-hybridized carbons (Fsp3) is 0.300. The van der Waals surface area contributed by atoms with Crippen molar-refractivity contribution in [3.8, 4) is 5.75 Å². The first-order valence-corrected chi connectivity index (χ1v) is 9.22. The normalized spacial score (nSPS) is 12.1. The zero-order chi connectivity index (χ0) is 17.8. The highest BCUT2D eigenvalue weighted by molar-refractivity contribution is 7.09. The van der Waals surface area contributed by atoms with Gasteiger partial charge in [0.15, 0.2) is 6.10 Å². The summed E-state index contributed by atoms with van der Waals surface area (Å²) >= 11 is 1.64. The lowest BCUT2D eigenvalue weighted by Gasteiger charge is -2.22. The molecule has 0 aliphatic heterocycles. The molecule has 0 saturated heterocycles. The van der Waals surface area contributed by atoms with Crippen LogP contribution in [0.4, 0.5) is 0 Å². The average molecular weight is 354 g/mol. The van der Waals surface area contributed by atoms with Gasteiger partial charge >= 0.3 is 0 Å². The van der Waals surface area contributed by atoms with E-state index in [-0.39, 0.29) is 5.91 Å². The predicted octanol–water partition coefficient (Wildman–Crippen LogP) is 4.07. The predicted molar refractivity (Wildman–Crippen MR) is 102 cm³/mol. The summed E-state index contributed by atoms with van der Waals surface area (Å²) in [7, 11) is 1.82. The molecule has 1 atom stereocenters. The standard InChI is InChI=1S/C20H22N2O2S/c1-14-19(25-13-21-14)10-11-22(3)20(23)15(2)24-18-9-8-16-6-4-5-7-17(16)12-18/h4-9,12-13,15H,10-11H2,1-3H3/t15-/m0/s1. The van der Waals surface area contributed by atoms with E-state index in [0.717, 1.165) is 22.9 Å². The summed E-state index contributed by atoms with van der Waals surface area (Å²) in [6.07, 6.45) is 0.301. The molecular weight excluding hydrogens is 332 g/mol. The molecule has 0 fully saturated rings. The molecule has 3 aromatic rings. The Morgan fingerprint density at radius 1 is 1.24 bits per heavy atom. The quantitative estimate of drug-likeness (QED) is 0.670. The number of hydrogen-bond acceptors (Lipinski definition) is 4. The number of rotatable bonds is 6. The fourth-order valence-electron chi connectivity index (χ4n) is 2.75. The number of ether oxygens (including phenoxy) is 1. The molecule has 0 N–H and O–H groups in total. The van der Waals surface area contributed by atoms with E-state index in [0.29, 0.717) is 12.3 Å². The van der Waals surface area contributed by atoms with Crippen LogP contribution < -0.4 is 4.74 Å². The Morgan fingerprint density at radius 3 is 2.72 bits per heavy atom. The average Bonchev–Trinajstić information content (AvgIpc) is 3.03. The summed E-state index contributed by atoms with van der Waals surface area (Å²) in [4.78, 5) is 19.7. The third-order valence-electron chi connectivity index (χ3n) is 4.28. The van der Waals surface area contributed by atoms with Gasteiger partial charge in [0.05, 0.1) is 11.2 Å². The Hall–Kier alpha value is -2.40. The second kappa shape index (κ2) is 7.66. The molecule has 1 amide bonds. The van der Waals surface area contributed by atoms with Crippen molar-refractivity contribution in [1.29, 1.82) is 0 Å². The smallest absolute Gasteiger partial charge is 0.263 e. The highest BCUT2D eigenvalue weighted by Gasteiger charge is 2.19. The van der Waals surface area contributed by atoms with Gasteiger partial charge in [-0.1, -0.05) is 30.3 Å². The molecule has 4 nitrogen and oxygen atoms in total. The van der Waals surface area contributed by atoms with Gasteiger partial charge < -0.3 is 9.64 Å². The van der Waals surface area contributed by atoms with Gasteiger partial charge in [0, 0.05) is 24.9 Å². The van der Waals surface area contributed by atoms with Gasteiger partial charge in [-0.25, -0.2) is 4.98 Å². The van der Waals surface area contributed by atoms with E-state index in [4.69, 9.17) is 4.74 Å². The third-order valence-corrected chi connectivity index (χ3v) is 5.27. The van der Waals surface area contributed by atoms with Crippen LogP contribution in [0, 0.1) is 6.92 Å². The first kappa shape index (κ1) is 17.4. The van der Waals surface area contributed by atoms with Crippen molar-refractivity contribution < 1.29 is 9.53 Å². The molecule has 3 rings (SSSR count). The maximum absolute atomic E-state index is 12.5. The lowest BCUT2D eigenvalue weighted by atomic mass is 10.1. The molecule has 0 aliphatic rings. The second-order valence-corrected chi connectivity index (χ2v) is 7.08. The molecule has 2 aromatic carbocycles. The molecule has 130 valence electrons. The van der Waals surface area contributed by atoms with Crippen LogP contribution in [0.3, 0.4) is 0 Å². The number of fused-ring (bicyclic) bond motifs is 1. The van der Waals surface area contributed by atoms with Gasteiger partial charge in [0.1, 0.15) is 5.75 Å². The molecule has 0 radical (unpaired) electrons. The van der Waals surface area contributed by atoms with Gasteiger partial charge in [-0.3, -0.25) is 4.79 Å². The molecule has 1 heterocycles. The van der Waals surface area contributed by atoms with E-state index in [1.165, 1.54) is 4.88 Å². The zero-order valence-corrected chi connectivity index (χ0v) is 15.5. The van der Waals surface area contributed by atoms with Crippen LogP contribution in [-0.2, 0) is 11.2 Å². The minimum absolute atomic E-state index is 0.0182. The number of aryl methyl sites for hydroxylation is 1. The molecule has 0 bridgehead atoms. The summed E-state index contributed by atoms with van der Waals surface area (Å²) in [5.74, 6) is 0.696. The molecular formula is C20H22N2O2S. The number of amides is 1. The lowest BCUT2D eigenvalue weighted by molar-refractivity contribution is -0.136. The van der Waals surface area contributed by atoms with Crippen molar-refractivity contribution in [2.45, 2.75) is 26.4 Å². The maximum atomic E-state index is 12.5. The van der Waals surface area contributed by atoms with Gasteiger partial charge in [-0.15, -0.1) is 11.3 Å². The van der Waals surface area contributed by atoms with E-state index in [9.17, 15) is 4.79 Å². The summed E-state index contributed by atoms with van der Waals surface area (Å²) in [5.41, 5.74) is 2.89. The molecule has 25 heavy (non-hydrogen) atoms. The van der Waals surface area contributed by atoms with Crippen molar-refractivity contribution in [3.05, 3.63) is 58.5 Å². The number of carbonyl (C=O) groups excluding carboxylic acids is 1. The minimum atomic E-state index is -0.520. The van der Waals surface area contributed by atoms with Crippen molar-refractivity contribution in [2.24, 2.45) is 0 Å². The van der Waals surface area contributed by atoms with E-state index in [1.54, 1.807) is 23.2 Å². The lowest BCUT2D eigenvalue weighted by Crippen LogP contribution is -2.39. The first-order valence-electron chi connectivity index (χ1n) is 8.34. The first-order chi connectivity index (χ1) is 12.0. The van der Waals surface area contributed by atoms with Crippen molar-refractivity contribution in [3.63, 3.8) is 0 Å². The van der Waals surface area contributed by atoms with Crippen LogP contribution in [0.15, 0.2) is 48.0 Å². The van der Waals surface area contributed by atoms with Crippen LogP contribution in [0.5, 0.6) is 5.75 Å². The SMILES string of the molecule is Cc1ncsc1CCN(C)C(=O)[C@H](C)Oc1ccc2ccccc2c1. The number of aromatic nitrogens is 1. The molecule has 0 unspecified atom stereocenters. The Kier molecular flexibility index (Phi) is 5.34. The van der Waals surface area contributed by atoms with E-state index in [2.05, 4.69) is 11.1 Å².